The van der Waals surface area contributed by atoms with Crippen molar-refractivity contribution in [3.8, 4) is 11.1 Å². The van der Waals surface area contributed by atoms with E-state index in [9.17, 15) is 4.79 Å². The molecule has 1 N–H and O–H groups in total. The van der Waals surface area contributed by atoms with Crippen molar-refractivity contribution in [2.24, 2.45) is 5.92 Å². The van der Waals surface area contributed by atoms with E-state index < -0.39 is 0 Å². The van der Waals surface area contributed by atoms with Gasteiger partial charge in [0.2, 0.25) is 0 Å². The van der Waals surface area contributed by atoms with Crippen LogP contribution in [0.5, 0.6) is 0 Å². The van der Waals surface area contributed by atoms with Gasteiger partial charge in [-0.2, -0.15) is 0 Å². The van der Waals surface area contributed by atoms with Crippen molar-refractivity contribution in [3.05, 3.63) is 59.2 Å². The molecule has 0 aliphatic heterocycles. The second kappa shape index (κ2) is 15.1. The summed E-state index contributed by atoms with van der Waals surface area (Å²) in [6.45, 7) is 6.32. The molecule has 1 aliphatic rings. The molecule has 1 aliphatic carbocycles. The Hall–Kier alpha value is -2.04. The van der Waals surface area contributed by atoms with Crippen LogP contribution >= 0.6 is 12.2 Å². The second-order valence-corrected chi connectivity index (χ2v) is 9.81. The fourth-order valence-corrected chi connectivity index (χ4v) is 4.83. The SMILES string of the molecule is CCc1ccc(C(=O)CC(CC)CC(=S)OC)c(-c2ccccc2C)c1.CNC1CCCCC1. The Morgan fingerprint density at radius 1 is 1.06 bits per heavy atom. The Kier molecular flexibility index (Phi) is 12.5. The van der Waals surface area contributed by atoms with Gasteiger partial charge in [-0.15, -0.1) is 0 Å². The van der Waals surface area contributed by atoms with Crippen LogP contribution in [0.1, 0.15) is 86.7 Å². The summed E-state index contributed by atoms with van der Waals surface area (Å²) in [5.41, 5.74) is 5.40. The van der Waals surface area contributed by atoms with Gasteiger partial charge in [0.25, 0.3) is 0 Å². The average Bonchev–Trinajstić information content (AvgIpc) is 2.88. The summed E-state index contributed by atoms with van der Waals surface area (Å²) in [6, 6.07) is 15.3. The zero-order valence-electron chi connectivity index (χ0n) is 21.8. The van der Waals surface area contributed by atoms with Crippen molar-refractivity contribution < 1.29 is 9.53 Å². The second-order valence-electron chi connectivity index (χ2n) is 9.35. The molecule has 2 aromatic carbocycles. The maximum absolute atomic E-state index is 13.1. The number of nitrogens with one attached hydrogen (secondary N) is 1. The first-order chi connectivity index (χ1) is 16.4. The smallest absolute Gasteiger partial charge is 0.163 e. The van der Waals surface area contributed by atoms with Crippen molar-refractivity contribution in [1.29, 1.82) is 0 Å². The van der Waals surface area contributed by atoms with Gasteiger partial charge in [0.05, 0.1) is 7.11 Å². The Labute approximate surface area is 212 Å². The van der Waals surface area contributed by atoms with E-state index in [1.165, 1.54) is 43.2 Å². The third-order valence-electron chi connectivity index (χ3n) is 6.98. The summed E-state index contributed by atoms with van der Waals surface area (Å²) in [7, 11) is 3.66. The van der Waals surface area contributed by atoms with Crippen LogP contribution < -0.4 is 5.32 Å². The van der Waals surface area contributed by atoms with Crippen LogP contribution in [0.2, 0.25) is 0 Å². The summed E-state index contributed by atoms with van der Waals surface area (Å²) in [5, 5.41) is 3.88. The largest absolute Gasteiger partial charge is 0.490 e. The number of benzene rings is 2. The first kappa shape index (κ1) is 28.2. The molecule has 3 nitrogen and oxygen atoms in total. The molecule has 186 valence electrons. The molecular weight excluding hydrogens is 438 g/mol. The van der Waals surface area contributed by atoms with Gasteiger partial charge in [0.1, 0.15) is 0 Å². The van der Waals surface area contributed by atoms with Gasteiger partial charge in [-0.3, -0.25) is 4.79 Å². The molecule has 0 heterocycles. The molecule has 0 radical (unpaired) electrons. The average molecular weight is 482 g/mol. The number of hydrogen-bond donors (Lipinski definition) is 1. The van der Waals surface area contributed by atoms with Crippen molar-refractivity contribution in [3.63, 3.8) is 0 Å². The minimum Gasteiger partial charge on any atom is -0.490 e. The highest BCUT2D eigenvalue weighted by Gasteiger charge is 2.20. The number of aryl methyl sites for hydroxylation is 2. The monoisotopic (exact) mass is 481 g/mol. The fourth-order valence-electron chi connectivity index (χ4n) is 4.60. The summed E-state index contributed by atoms with van der Waals surface area (Å²) in [6.07, 6.45) is 10.1. The Morgan fingerprint density at radius 2 is 1.76 bits per heavy atom. The van der Waals surface area contributed by atoms with Crippen LogP contribution in [0.3, 0.4) is 0 Å². The van der Waals surface area contributed by atoms with E-state index in [2.05, 4.69) is 57.4 Å². The van der Waals surface area contributed by atoms with Gasteiger partial charge in [0.15, 0.2) is 10.8 Å². The van der Waals surface area contributed by atoms with Gasteiger partial charge in [-0.1, -0.05) is 82.0 Å². The van der Waals surface area contributed by atoms with Crippen LogP contribution in [0.15, 0.2) is 42.5 Å². The van der Waals surface area contributed by atoms with E-state index in [-0.39, 0.29) is 11.7 Å². The van der Waals surface area contributed by atoms with Crippen LogP contribution in [0.25, 0.3) is 11.1 Å². The Bertz CT molecular complexity index is 918. The summed E-state index contributed by atoms with van der Waals surface area (Å²) in [4.78, 5) is 13.1. The lowest BCUT2D eigenvalue weighted by Gasteiger charge is -2.20. The fraction of sp³-hybridized carbons (Fsp3) is 0.533. The quantitative estimate of drug-likeness (QED) is 0.294. The molecular formula is C30H43NO2S. The van der Waals surface area contributed by atoms with E-state index in [1.807, 2.05) is 18.2 Å². The Balaban J connectivity index is 0.000000430. The molecule has 1 unspecified atom stereocenters. The third-order valence-corrected chi connectivity index (χ3v) is 7.31. The lowest BCUT2D eigenvalue weighted by molar-refractivity contribution is 0.0961. The topological polar surface area (TPSA) is 38.3 Å². The maximum Gasteiger partial charge on any atom is 0.163 e. The van der Waals surface area contributed by atoms with Crippen LogP contribution in [0, 0.1) is 12.8 Å². The van der Waals surface area contributed by atoms with Crippen LogP contribution in [-0.4, -0.2) is 31.0 Å². The highest BCUT2D eigenvalue weighted by molar-refractivity contribution is 7.80. The normalized spacial score (nSPS) is 14.6. The molecule has 34 heavy (non-hydrogen) atoms. The summed E-state index contributed by atoms with van der Waals surface area (Å²) < 4.78 is 5.13. The van der Waals surface area contributed by atoms with Crippen LogP contribution in [0.4, 0.5) is 0 Å². The minimum absolute atomic E-state index is 0.177. The first-order valence-corrected chi connectivity index (χ1v) is 13.3. The lowest BCUT2D eigenvalue weighted by atomic mass is 9.87. The number of ether oxygens (including phenoxy) is 1. The van der Waals surface area contributed by atoms with E-state index in [0.29, 0.717) is 17.9 Å². The predicted molar refractivity (Wildman–Crippen MR) is 149 cm³/mol. The van der Waals surface area contributed by atoms with E-state index in [1.54, 1.807) is 7.11 Å². The molecule has 0 spiro atoms. The molecule has 1 atom stereocenters. The third kappa shape index (κ3) is 8.63. The number of rotatable bonds is 9. The molecule has 0 amide bonds. The van der Waals surface area contributed by atoms with Crippen molar-refractivity contribution in [2.45, 2.75) is 84.6 Å². The molecule has 2 aromatic rings. The van der Waals surface area contributed by atoms with Crippen molar-refractivity contribution in [1.82, 2.24) is 5.32 Å². The number of methoxy groups -OCH3 is 1. The number of ketones is 1. The Morgan fingerprint density at radius 3 is 2.32 bits per heavy atom. The van der Waals surface area contributed by atoms with E-state index in [0.717, 1.165) is 35.6 Å². The summed E-state index contributed by atoms with van der Waals surface area (Å²) in [5.74, 6) is 0.391. The molecule has 0 bridgehead atoms. The summed E-state index contributed by atoms with van der Waals surface area (Å²) >= 11 is 5.19. The lowest BCUT2D eigenvalue weighted by Crippen LogP contribution is -2.26. The molecule has 3 rings (SSSR count). The van der Waals surface area contributed by atoms with Crippen molar-refractivity contribution in [2.75, 3.05) is 14.2 Å². The number of carbonyl (C=O) groups is 1. The van der Waals surface area contributed by atoms with E-state index >= 15 is 0 Å². The predicted octanol–water partition coefficient (Wildman–Crippen LogP) is 7.73. The molecule has 0 saturated heterocycles. The molecule has 1 saturated carbocycles. The number of thiocarbonyl (C=S) groups is 1. The molecule has 0 aromatic heterocycles. The zero-order chi connectivity index (χ0) is 24.9. The highest BCUT2D eigenvalue weighted by atomic mass is 32.1. The van der Waals surface area contributed by atoms with Crippen LogP contribution in [-0.2, 0) is 11.2 Å². The van der Waals surface area contributed by atoms with Crippen molar-refractivity contribution >= 4 is 23.1 Å². The van der Waals surface area contributed by atoms with E-state index in [4.69, 9.17) is 17.0 Å². The molecule has 1 fully saturated rings. The zero-order valence-corrected chi connectivity index (χ0v) is 22.6. The first-order valence-electron chi connectivity index (χ1n) is 12.9. The van der Waals surface area contributed by atoms with Gasteiger partial charge < -0.3 is 10.1 Å². The van der Waals surface area contributed by atoms with Gasteiger partial charge in [-0.05, 0) is 73.6 Å². The highest BCUT2D eigenvalue weighted by Crippen LogP contribution is 2.30. The number of hydrogen-bond acceptors (Lipinski definition) is 4. The standard InChI is InChI=1S/C23H28O2S.C7H15N/c1-5-17-11-12-20(21(13-17)19-10-8-7-9-16(19)3)22(24)14-18(6-2)15-23(26)25-4;1-8-7-5-3-2-4-6-7/h7-13,18H,5-6,14-15H2,1-4H3;7-8H,2-6H2,1H3. The molecule has 4 heteroatoms. The number of carbonyl (C=O) groups excluding carboxylic acids is 1. The minimum atomic E-state index is 0.177. The number of Topliss-reactive ketones (excluding diaryl/α,β-unsaturated/α-hetero) is 1. The van der Waals surface area contributed by atoms with Gasteiger partial charge >= 0.3 is 0 Å². The maximum atomic E-state index is 13.1. The van der Waals surface area contributed by atoms with Gasteiger partial charge in [-0.25, -0.2) is 0 Å². The van der Waals surface area contributed by atoms with Gasteiger partial charge in [0, 0.05) is 24.4 Å².